The summed E-state index contributed by atoms with van der Waals surface area (Å²) in [6.07, 6.45) is 0. The molecule has 0 aliphatic carbocycles. The molecule has 0 aliphatic rings. The second-order valence-corrected chi connectivity index (χ2v) is 6.79. The van der Waals surface area contributed by atoms with E-state index in [9.17, 15) is 35.9 Å². The van der Waals surface area contributed by atoms with Gasteiger partial charge in [0.15, 0.2) is 39.7 Å². The van der Waals surface area contributed by atoms with Crippen LogP contribution >= 0.6 is 0 Å². The molecule has 12 heteroatoms. The number of carbonyl (C=O) groups is 1. The number of nitrogens with one attached hydrogen (secondary N) is 1. The van der Waals surface area contributed by atoms with Gasteiger partial charge in [-0.1, -0.05) is 0 Å². The van der Waals surface area contributed by atoms with E-state index in [1.165, 1.54) is 14.0 Å². The fourth-order valence-corrected chi connectivity index (χ4v) is 3.39. The molecule has 0 fully saturated rings. The van der Waals surface area contributed by atoms with Crippen molar-refractivity contribution in [3.8, 4) is 11.5 Å². The summed E-state index contributed by atoms with van der Waals surface area (Å²) in [6.45, 7) is 0.922. The molecule has 0 saturated heterocycles. The highest BCUT2D eigenvalue weighted by Gasteiger charge is 2.36. The normalized spacial score (nSPS) is 11.2. The molecule has 0 heterocycles. The molecule has 0 radical (unpaired) electrons. The summed E-state index contributed by atoms with van der Waals surface area (Å²) >= 11 is 0. The van der Waals surface area contributed by atoms with Gasteiger partial charge in [0.25, 0.3) is 10.0 Å². The smallest absolute Gasteiger partial charge is 0.344 e. The molecule has 0 amide bonds. The van der Waals surface area contributed by atoms with Gasteiger partial charge in [0.1, 0.15) is 5.56 Å². The third-order valence-corrected chi connectivity index (χ3v) is 4.80. The maximum Gasteiger partial charge on any atom is 0.344 e. The van der Waals surface area contributed by atoms with Gasteiger partial charge in [-0.2, -0.15) is 0 Å². The van der Waals surface area contributed by atoms with Crippen LogP contribution in [0, 0.1) is 23.3 Å². The number of sulfonamides is 1. The van der Waals surface area contributed by atoms with Crippen LogP contribution in [0.5, 0.6) is 11.5 Å². The van der Waals surface area contributed by atoms with E-state index < -0.39 is 55.5 Å². The number of phenolic OH excluding ortho intramolecular Hbond substituents is 1. The number of hydrogen-bond acceptors (Lipinski definition) is 6. The molecule has 7 nitrogen and oxygen atoms in total. The van der Waals surface area contributed by atoms with Gasteiger partial charge in [0, 0.05) is 6.07 Å². The molecule has 0 aromatic heterocycles. The van der Waals surface area contributed by atoms with Crippen molar-refractivity contribution < 1.29 is 45.4 Å². The van der Waals surface area contributed by atoms with Crippen LogP contribution in [0.1, 0.15) is 17.3 Å². The van der Waals surface area contributed by atoms with Crippen LogP contribution in [0.4, 0.5) is 23.2 Å². The number of rotatable bonds is 6. The lowest BCUT2D eigenvalue weighted by molar-refractivity contribution is 0.0512. The highest BCUT2D eigenvalue weighted by molar-refractivity contribution is 7.92. The molecular weight excluding hydrogens is 410 g/mol. The minimum Gasteiger partial charge on any atom is -0.504 e. The highest BCUT2D eigenvalue weighted by atomic mass is 32.2. The van der Waals surface area contributed by atoms with Gasteiger partial charge in [0.2, 0.25) is 0 Å². The van der Waals surface area contributed by atoms with Crippen LogP contribution in [0.15, 0.2) is 23.1 Å². The molecule has 152 valence electrons. The highest BCUT2D eigenvalue weighted by Crippen LogP contribution is 2.32. The van der Waals surface area contributed by atoms with Gasteiger partial charge in [-0.15, -0.1) is 0 Å². The predicted octanol–water partition coefficient (Wildman–Crippen LogP) is 2.93. The number of ether oxygens (including phenoxy) is 2. The first-order chi connectivity index (χ1) is 13.0. The Bertz CT molecular complexity index is 1040. The molecule has 2 aromatic carbocycles. The zero-order valence-electron chi connectivity index (χ0n) is 14.3. The lowest BCUT2D eigenvalue weighted by Gasteiger charge is -2.14. The number of carbonyl (C=O) groups excluding carboxylic acids is 1. The second kappa shape index (κ2) is 7.92. The lowest BCUT2D eigenvalue weighted by Crippen LogP contribution is -2.22. The standard InChI is InChI=1S/C16H13F4NO6S/c1-3-27-16(23)10-11(17)13(19)14(20)15(12(10)18)28(24,25)21-7-4-5-9(26-2)8(22)6-7/h4-6,21-22H,3H2,1-2H3. The van der Waals surface area contributed by atoms with E-state index in [1.54, 1.807) is 4.72 Å². The number of anilines is 1. The van der Waals surface area contributed by atoms with Crippen molar-refractivity contribution in [2.45, 2.75) is 11.8 Å². The Balaban J connectivity index is 2.62. The van der Waals surface area contributed by atoms with Gasteiger partial charge >= 0.3 is 5.97 Å². The van der Waals surface area contributed by atoms with Gasteiger partial charge < -0.3 is 14.6 Å². The SMILES string of the molecule is CCOC(=O)c1c(F)c(F)c(F)c(S(=O)(=O)Nc2ccc(OC)c(O)c2)c1F. The summed E-state index contributed by atoms with van der Waals surface area (Å²) in [7, 11) is -3.96. The monoisotopic (exact) mass is 423 g/mol. The van der Waals surface area contributed by atoms with Crippen molar-refractivity contribution in [3.05, 3.63) is 47.0 Å². The van der Waals surface area contributed by atoms with E-state index >= 15 is 0 Å². The Hall–Kier alpha value is -3.02. The maximum atomic E-state index is 14.5. The quantitative estimate of drug-likeness (QED) is 0.321. The molecule has 0 saturated carbocycles. The fourth-order valence-electron chi connectivity index (χ4n) is 2.19. The van der Waals surface area contributed by atoms with Crippen molar-refractivity contribution in [2.75, 3.05) is 18.4 Å². The maximum absolute atomic E-state index is 14.5. The Morgan fingerprint density at radius 1 is 1.11 bits per heavy atom. The van der Waals surface area contributed by atoms with Gasteiger partial charge in [0.05, 0.1) is 19.4 Å². The summed E-state index contributed by atoms with van der Waals surface area (Å²) in [5.41, 5.74) is -2.07. The summed E-state index contributed by atoms with van der Waals surface area (Å²) in [5, 5.41) is 9.65. The minimum absolute atomic E-state index is 0.0299. The zero-order chi connectivity index (χ0) is 21.2. The van der Waals surface area contributed by atoms with E-state index in [1.807, 2.05) is 0 Å². The Labute approximate surface area is 156 Å². The minimum atomic E-state index is -5.19. The summed E-state index contributed by atoms with van der Waals surface area (Å²) in [4.78, 5) is 9.72. The first-order valence-corrected chi connectivity index (χ1v) is 8.96. The van der Waals surface area contributed by atoms with Crippen LogP contribution in [0.3, 0.4) is 0 Å². The molecule has 0 bridgehead atoms. The average molecular weight is 423 g/mol. The van der Waals surface area contributed by atoms with Gasteiger partial charge in [-0.3, -0.25) is 4.72 Å². The largest absolute Gasteiger partial charge is 0.504 e. The number of esters is 1. The first-order valence-electron chi connectivity index (χ1n) is 7.48. The van der Waals surface area contributed by atoms with Crippen molar-refractivity contribution in [2.24, 2.45) is 0 Å². The molecule has 0 aliphatic heterocycles. The molecule has 2 rings (SSSR count). The zero-order valence-corrected chi connectivity index (χ0v) is 15.2. The molecule has 2 aromatic rings. The van der Waals surface area contributed by atoms with Gasteiger partial charge in [-0.05, 0) is 19.1 Å². The lowest BCUT2D eigenvalue weighted by atomic mass is 10.2. The first kappa shape index (κ1) is 21.3. The summed E-state index contributed by atoms with van der Waals surface area (Å²) in [6, 6.07) is 3.05. The third-order valence-electron chi connectivity index (χ3n) is 3.40. The van der Waals surface area contributed by atoms with Crippen molar-refractivity contribution >= 4 is 21.7 Å². The van der Waals surface area contributed by atoms with Crippen molar-refractivity contribution in [1.29, 1.82) is 0 Å². The van der Waals surface area contributed by atoms with E-state index in [0.29, 0.717) is 0 Å². The van der Waals surface area contributed by atoms with Crippen LogP contribution in [-0.4, -0.2) is 33.2 Å². The summed E-state index contributed by atoms with van der Waals surface area (Å²) < 4.78 is 91.7. The molecule has 28 heavy (non-hydrogen) atoms. The van der Waals surface area contributed by atoms with Crippen molar-refractivity contribution in [3.63, 3.8) is 0 Å². The van der Waals surface area contributed by atoms with E-state index in [4.69, 9.17) is 4.74 Å². The van der Waals surface area contributed by atoms with Crippen LogP contribution in [0.25, 0.3) is 0 Å². The molecular formula is C16H13F4NO6S. The molecule has 0 unspecified atom stereocenters. The number of halogens is 4. The van der Waals surface area contributed by atoms with Crippen LogP contribution < -0.4 is 9.46 Å². The Morgan fingerprint density at radius 3 is 2.29 bits per heavy atom. The number of phenols is 1. The van der Waals surface area contributed by atoms with E-state index in [2.05, 4.69) is 4.74 Å². The van der Waals surface area contributed by atoms with E-state index in [-0.39, 0.29) is 18.0 Å². The number of methoxy groups -OCH3 is 1. The van der Waals surface area contributed by atoms with Crippen molar-refractivity contribution in [1.82, 2.24) is 0 Å². The second-order valence-electron chi connectivity index (χ2n) is 5.17. The Morgan fingerprint density at radius 2 is 1.75 bits per heavy atom. The molecule has 0 spiro atoms. The predicted molar refractivity (Wildman–Crippen MR) is 87.7 cm³/mol. The van der Waals surface area contributed by atoms with Crippen LogP contribution in [0.2, 0.25) is 0 Å². The summed E-state index contributed by atoms with van der Waals surface area (Å²) in [5.74, 6) is -11.4. The topological polar surface area (TPSA) is 102 Å². The van der Waals surface area contributed by atoms with Crippen LogP contribution in [-0.2, 0) is 14.8 Å². The fraction of sp³-hybridized carbons (Fsp3) is 0.188. The van der Waals surface area contributed by atoms with E-state index in [0.717, 1.165) is 18.2 Å². The number of benzene rings is 2. The third kappa shape index (κ3) is 3.81. The number of hydrogen-bond donors (Lipinski definition) is 2. The Kier molecular flexibility index (Phi) is 6.02. The van der Waals surface area contributed by atoms with Gasteiger partial charge in [-0.25, -0.2) is 30.8 Å². The average Bonchev–Trinajstić information content (AvgIpc) is 2.60. The molecule has 0 atom stereocenters. The molecule has 2 N–H and O–H groups in total. The number of aromatic hydroxyl groups is 1.